The van der Waals surface area contributed by atoms with Crippen LogP contribution in [0.4, 0.5) is 0 Å². The smallest absolute Gasteiger partial charge is 0.254 e. The van der Waals surface area contributed by atoms with Crippen LogP contribution in [0.3, 0.4) is 0 Å². The highest BCUT2D eigenvalue weighted by molar-refractivity contribution is 5.95. The summed E-state index contributed by atoms with van der Waals surface area (Å²) in [7, 11) is 3.73. The average molecular weight is 283 g/mol. The van der Waals surface area contributed by atoms with Crippen LogP contribution in [0.5, 0.6) is 0 Å². The lowest BCUT2D eigenvalue weighted by Crippen LogP contribution is -2.28. The summed E-state index contributed by atoms with van der Waals surface area (Å²) in [5.74, 6) is 0.0346. The highest BCUT2D eigenvalue weighted by atomic mass is 16.2. The molecule has 1 N–H and O–H groups in total. The molecule has 2 rings (SSSR count). The van der Waals surface area contributed by atoms with Gasteiger partial charge in [-0.05, 0) is 43.8 Å². The van der Waals surface area contributed by atoms with Gasteiger partial charge in [0.05, 0.1) is 12.2 Å². The summed E-state index contributed by atoms with van der Waals surface area (Å²) in [5, 5.41) is 3.12. The Morgan fingerprint density at radius 3 is 2.67 bits per heavy atom. The number of hydrogen-bond acceptors (Lipinski definition) is 3. The zero-order chi connectivity index (χ0) is 15.1. The normalized spacial score (nSPS) is 10.4. The maximum Gasteiger partial charge on any atom is 0.254 e. The van der Waals surface area contributed by atoms with E-state index in [1.807, 2.05) is 56.6 Å². The lowest BCUT2D eigenvalue weighted by atomic mass is 10.0. The second kappa shape index (κ2) is 7.55. The van der Waals surface area contributed by atoms with Crippen LogP contribution >= 0.6 is 0 Å². The number of rotatable bonds is 6. The third-order valence-corrected chi connectivity index (χ3v) is 3.36. The molecule has 1 heterocycles. The average Bonchev–Trinajstić information content (AvgIpc) is 2.53. The molecule has 0 fully saturated rings. The first-order valence-corrected chi connectivity index (χ1v) is 7.10. The molecule has 0 atom stereocenters. The number of carbonyl (C=O) groups is 1. The minimum Gasteiger partial charge on any atom is -0.336 e. The highest BCUT2D eigenvalue weighted by Crippen LogP contribution is 2.13. The van der Waals surface area contributed by atoms with Crippen LogP contribution in [0.15, 0.2) is 48.7 Å². The molecule has 1 aromatic carbocycles. The van der Waals surface area contributed by atoms with Crippen molar-refractivity contribution in [3.63, 3.8) is 0 Å². The van der Waals surface area contributed by atoms with E-state index >= 15 is 0 Å². The first kappa shape index (κ1) is 15.2. The van der Waals surface area contributed by atoms with E-state index in [0.29, 0.717) is 6.54 Å². The molecular formula is C17H21N3O. The van der Waals surface area contributed by atoms with Crippen LogP contribution in [0.1, 0.15) is 21.6 Å². The Bertz CT molecular complexity index is 584. The Kier molecular flexibility index (Phi) is 5.46. The monoisotopic (exact) mass is 283 g/mol. The van der Waals surface area contributed by atoms with Gasteiger partial charge in [0.25, 0.3) is 5.91 Å². The zero-order valence-electron chi connectivity index (χ0n) is 12.5. The number of likely N-dealkylation sites (N-methyl/N-ethyl adjacent to an activating group) is 1. The second-order valence-corrected chi connectivity index (χ2v) is 4.99. The lowest BCUT2D eigenvalue weighted by molar-refractivity contribution is 0.0782. The molecule has 0 aliphatic carbocycles. The van der Waals surface area contributed by atoms with Gasteiger partial charge in [-0.15, -0.1) is 0 Å². The largest absolute Gasteiger partial charge is 0.336 e. The van der Waals surface area contributed by atoms with Gasteiger partial charge < -0.3 is 10.2 Å². The van der Waals surface area contributed by atoms with E-state index < -0.39 is 0 Å². The predicted octanol–water partition coefficient (Wildman–Crippen LogP) is 2.12. The Balaban J connectivity index is 2.12. The van der Waals surface area contributed by atoms with Crippen molar-refractivity contribution in [2.75, 3.05) is 20.6 Å². The van der Waals surface area contributed by atoms with Gasteiger partial charge in [0.1, 0.15) is 0 Å². The molecule has 1 amide bonds. The molecule has 21 heavy (non-hydrogen) atoms. The summed E-state index contributed by atoms with van der Waals surface area (Å²) in [6.45, 7) is 1.37. The summed E-state index contributed by atoms with van der Waals surface area (Å²) in [4.78, 5) is 18.6. The molecule has 2 aromatic rings. The van der Waals surface area contributed by atoms with Crippen LogP contribution in [-0.2, 0) is 13.0 Å². The standard InChI is InChI=1S/C17H21N3O/c1-18-12-10-14-7-3-4-9-16(14)17(21)20(2)13-15-8-5-6-11-19-15/h3-9,11,18H,10,12-13H2,1-2H3. The van der Waals surface area contributed by atoms with Gasteiger partial charge in [0, 0.05) is 18.8 Å². The van der Waals surface area contributed by atoms with E-state index in [1.54, 1.807) is 11.1 Å². The topological polar surface area (TPSA) is 45.2 Å². The minimum atomic E-state index is 0.0346. The summed E-state index contributed by atoms with van der Waals surface area (Å²) in [6.07, 6.45) is 2.59. The Hall–Kier alpha value is -2.20. The molecule has 0 saturated carbocycles. The number of pyridine rings is 1. The lowest BCUT2D eigenvalue weighted by Gasteiger charge is -2.18. The third-order valence-electron chi connectivity index (χ3n) is 3.36. The fraction of sp³-hybridized carbons (Fsp3) is 0.294. The Morgan fingerprint density at radius 1 is 1.19 bits per heavy atom. The third kappa shape index (κ3) is 4.13. The summed E-state index contributed by atoms with van der Waals surface area (Å²) < 4.78 is 0. The molecule has 4 nitrogen and oxygen atoms in total. The van der Waals surface area contributed by atoms with Crippen molar-refractivity contribution in [1.29, 1.82) is 0 Å². The Morgan fingerprint density at radius 2 is 1.95 bits per heavy atom. The van der Waals surface area contributed by atoms with E-state index in [9.17, 15) is 4.79 Å². The number of nitrogens with zero attached hydrogens (tertiary/aromatic N) is 2. The fourth-order valence-electron chi connectivity index (χ4n) is 2.22. The van der Waals surface area contributed by atoms with E-state index in [4.69, 9.17) is 0 Å². The van der Waals surface area contributed by atoms with Gasteiger partial charge in [0.2, 0.25) is 0 Å². The van der Waals surface area contributed by atoms with Crippen LogP contribution < -0.4 is 5.32 Å². The van der Waals surface area contributed by atoms with E-state index in [1.165, 1.54) is 0 Å². The van der Waals surface area contributed by atoms with Crippen molar-refractivity contribution in [2.24, 2.45) is 0 Å². The van der Waals surface area contributed by atoms with Gasteiger partial charge >= 0.3 is 0 Å². The zero-order valence-corrected chi connectivity index (χ0v) is 12.5. The maximum absolute atomic E-state index is 12.6. The molecule has 0 spiro atoms. The molecule has 1 aromatic heterocycles. The molecule has 0 unspecified atom stereocenters. The first-order chi connectivity index (χ1) is 10.2. The van der Waals surface area contributed by atoms with Crippen molar-refractivity contribution < 1.29 is 4.79 Å². The summed E-state index contributed by atoms with van der Waals surface area (Å²) in [5.41, 5.74) is 2.73. The molecular weight excluding hydrogens is 262 g/mol. The molecule has 0 aliphatic heterocycles. The number of benzene rings is 1. The van der Waals surface area contributed by atoms with Crippen molar-refractivity contribution in [1.82, 2.24) is 15.2 Å². The van der Waals surface area contributed by atoms with Crippen molar-refractivity contribution in [3.8, 4) is 0 Å². The molecule has 0 radical (unpaired) electrons. The minimum absolute atomic E-state index is 0.0346. The van der Waals surface area contributed by atoms with Gasteiger partial charge in [-0.25, -0.2) is 0 Å². The molecule has 110 valence electrons. The first-order valence-electron chi connectivity index (χ1n) is 7.10. The number of hydrogen-bond donors (Lipinski definition) is 1. The van der Waals surface area contributed by atoms with Gasteiger partial charge in [-0.1, -0.05) is 24.3 Å². The van der Waals surface area contributed by atoms with Crippen LogP contribution in [0.25, 0.3) is 0 Å². The quantitative estimate of drug-likeness (QED) is 0.883. The SMILES string of the molecule is CNCCc1ccccc1C(=O)N(C)Cc1ccccn1. The molecule has 0 saturated heterocycles. The second-order valence-electron chi connectivity index (χ2n) is 4.99. The number of amides is 1. The molecule has 4 heteroatoms. The van der Waals surface area contributed by atoms with Gasteiger partial charge in [-0.3, -0.25) is 9.78 Å². The summed E-state index contributed by atoms with van der Waals surface area (Å²) >= 11 is 0. The van der Waals surface area contributed by atoms with E-state index in [2.05, 4.69) is 10.3 Å². The molecule has 0 bridgehead atoms. The van der Waals surface area contributed by atoms with E-state index in [-0.39, 0.29) is 5.91 Å². The number of aromatic nitrogens is 1. The van der Waals surface area contributed by atoms with E-state index in [0.717, 1.165) is 29.8 Å². The molecule has 0 aliphatic rings. The van der Waals surface area contributed by atoms with Crippen LogP contribution in [0.2, 0.25) is 0 Å². The predicted molar refractivity (Wildman–Crippen MR) is 84.1 cm³/mol. The highest BCUT2D eigenvalue weighted by Gasteiger charge is 2.15. The Labute approximate surface area is 125 Å². The fourth-order valence-corrected chi connectivity index (χ4v) is 2.22. The summed E-state index contributed by atoms with van der Waals surface area (Å²) in [6, 6.07) is 13.5. The van der Waals surface area contributed by atoms with Crippen molar-refractivity contribution in [2.45, 2.75) is 13.0 Å². The number of carbonyl (C=O) groups excluding carboxylic acids is 1. The van der Waals surface area contributed by atoms with Crippen molar-refractivity contribution in [3.05, 3.63) is 65.5 Å². The van der Waals surface area contributed by atoms with Crippen LogP contribution in [0, 0.1) is 0 Å². The van der Waals surface area contributed by atoms with Crippen LogP contribution in [-0.4, -0.2) is 36.4 Å². The van der Waals surface area contributed by atoms with Crippen molar-refractivity contribution >= 4 is 5.91 Å². The number of nitrogens with one attached hydrogen (secondary N) is 1. The van der Waals surface area contributed by atoms with Gasteiger partial charge in [-0.2, -0.15) is 0 Å². The maximum atomic E-state index is 12.6. The van der Waals surface area contributed by atoms with Gasteiger partial charge in [0.15, 0.2) is 0 Å².